The van der Waals surface area contributed by atoms with E-state index < -0.39 is 60.6 Å². The summed E-state index contributed by atoms with van der Waals surface area (Å²) in [7, 11) is 0. The predicted octanol–water partition coefficient (Wildman–Crippen LogP) is 2.99. The molecule has 4 amide bonds. The summed E-state index contributed by atoms with van der Waals surface area (Å²) >= 11 is 0. The number of hydrogen-bond acceptors (Lipinski definition) is 4. The van der Waals surface area contributed by atoms with E-state index >= 15 is 0 Å². The van der Waals surface area contributed by atoms with Gasteiger partial charge in [-0.1, -0.05) is 36.4 Å². The van der Waals surface area contributed by atoms with Gasteiger partial charge in [-0.05, 0) is 35.7 Å². The van der Waals surface area contributed by atoms with E-state index in [4.69, 9.17) is 0 Å². The maximum atomic E-state index is 13.5. The van der Waals surface area contributed by atoms with Gasteiger partial charge in [0.25, 0.3) is 5.91 Å². The molecule has 1 aliphatic carbocycles. The van der Waals surface area contributed by atoms with Crippen LogP contribution in [-0.2, 0) is 21.7 Å². The molecule has 180 valence electrons. The van der Waals surface area contributed by atoms with Crippen LogP contribution >= 0.6 is 0 Å². The standard InChI is InChI=1S/C23H21F4N3O4/c1-13(23(25,26)27)29(11-14-6-8-15(24)9-7-14)19(32)12-30-20(33)22(28-21(30)34)10-18(31)16-4-2-3-5-17(16)22/h2-9,13,18,31H,10-12H2,1H3,(H,28,34)/t13-,18+,22-/m0/s1. The number of halogens is 4. The number of alkyl halides is 3. The van der Waals surface area contributed by atoms with Crippen LogP contribution in [0.15, 0.2) is 48.5 Å². The zero-order valence-corrected chi connectivity index (χ0v) is 18.0. The number of urea groups is 1. The predicted molar refractivity (Wildman–Crippen MR) is 110 cm³/mol. The van der Waals surface area contributed by atoms with E-state index in [1.165, 1.54) is 12.1 Å². The molecule has 2 N–H and O–H groups in total. The summed E-state index contributed by atoms with van der Waals surface area (Å²) in [6.45, 7) is -0.638. The first kappa shape index (κ1) is 23.7. The Balaban J connectivity index is 1.60. The van der Waals surface area contributed by atoms with E-state index in [9.17, 15) is 37.1 Å². The minimum atomic E-state index is -4.78. The first-order chi connectivity index (χ1) is 15.9. The van der Waals surface area contributed by atoms with Gasteiger partial charge < -0.3 is 15.3 Å². The van der Waals surface area contributed by atoms with Crippen molar-refractivity contribution in [3.63, 3.8) is 0 Å². The van der Waals surface area contributed by atoms with E-state index in [0.717, 1.165) is 19.1 Å². The summed E-state index contributed by atoms with van der Waals surface area (Å²) in [4.78, 5) is 40.0. The van der Waals surface area contributed by atoms with Crippen molar-refractivity contribution in [2.45, 2.75) is 43.8 Å². The lowest BCUT2D eigenvalue weighted by atomic mass is 9.92. The quantitative estimate of drug-likeness (QED) is 0.510. The lowest BCUT2D eigenvalue weighted by Crippen LogP contribution is -2.51. The number of aliphatic hydroxyl groups excluding tert-OH is 1. The molecule has 34 heavy (non-hydrogen) atoms. The van der Waals surface area contributed by atoms with E-state index in [1.807, 2.05) is 0 Å². The van der Waals surface area contributed by atoms with E-state index in [2.05, 4.69) is 5.32 Å². The molecule has 1 saturated heterocycles. The number of nitrogens with one attached hydrogen (secondary N) is 1. The Morgan fingerprint density at radius 3 is 2.50 bits per heavy atom. The molecule has 2 aromatic carbocycles. The number of carbonyl (C=O) groups is 3. The normalized spacial score (nSPS) is 22.6. The minimum absolute atomic E-state index is 0.153. The fourth-order valence-corrected chi connectivity index (χ4v) is 4.41. The van der Waals surface area contributed by atoms with Crippen molar-refractivity contribution in [1.29, 1.82) is 0 Å². The van der Waals surface area contributed by atoms with Gasteiger partial charge in [-0.25, -0.2) is 9.18 Å². The SMILES string of the molecule is C[C@H](N(Cc1ccc(F)cc1)C(=O)CN1C(=O)N[C@]2(C[C@@H](O)c3ccccc32)C1=O)C(F)(F)F. The lowest BCUT2D eigenvalue weighted by Gasteiger charge is -2.32. The number of fused-ring (bicyclic) bond motifs is 2. The fourth-order valence-electron chi connectivity index (χ4n) is 4.41. The number of rotatable bonds is 5. The largest absolute Gasteiger partial charge is 0.408 e. The smallest absolute Gasteiger partial charge is 0.388 e. The molecule has 0 radical (unpaired) electrons. The molecule has 0 aromatic heterocycles. The molecule has 11 heteroatoms. The average molecular weight is 479 g/mol. The topological polar surface area (TPSA) is 90.0 Å². The molecule has 1 spiro atoms. The number of aliphatic hydroxyl groups is 1. The highest BCUT2D eigenvalue weighted by atomic mass is 19.4. The number of imide groups is 1. The van der Waals surface area contributed by atoms with Crippen LogP contribution in [0.3, 0.4) is 0 Å². The molecule has 2 aromatic rings. The fraction of sp³-hybridized carbons (Fsp3) is 0.348. The average Bonchev–Trinajstić information content (AvgIpc) is 3.20. The number of carbonyl (C=O) groups excluding carboxylic acids is 3. The van der Waals surface area contributed by atoms with Gasteiger partial charge in [0.15, 0.2) is 0 Å². The molecular weight excluding hydrogens is 458 g/mol. The number of nitrogens with zero attached hydrogens (tertiary/aromatic N) is 2. The van der Waals surface area contributed by atoms with Gasteiger partial charge in [0, 0.05) is 13.0 Å². The molecule has 7 nitrogen and oxygen atoms in total. The summed E-state index contributed by atoms with van der Waals surface area (Å²) in [5.41, 5.74) is -0.520. The van der Waals surface area contributed by atoms with Crippen LogP contribution in [0.25, 0.3) is 0 Å². The van der Waals surface area contributed by atoms with Crippen molar-refractivity contribution in [3.8, 4) is 0 Å². The summed E-state index contributed by atoms with van der Waals surface area (Å²) in [6, 6.07) is 7.91. The van der Waals surface area contributed by atoms with Crippen molar-refractivity contribution in [2.24, 2.45) is 0 Å². The molecule has 0 unspecified atom stereocenters. The zero-order valence-electron chi connectivity index (χ0n) is 18.0. The molecule has 2 aliphatic rings. The lowest BCUT2D eigenvalue weighted by molar-refractivity contribution is -0.187. The molecule has 1 heterocycles. The molecule has 0 saturated carbocycles. The minimum Gasteiger partial charge on any atom is -0.388 e. The molecular formula is C23H21F4N3O4. The first-order valence-electron chi connectivity index (χ1n) is 10.5. The Labute approximate surface area is 192 Å². The third-order valence-corrected chi connectivity index (χ3v) is 6.28. The Kier molecular flexibility index (Phi) is 5.84. The third kappa shape index (κ3) is 4.00. The van der Waals surface area contributed by atoms with Crippen LogP contribution in [0.5, 0.6) is 0 Å². The van der Waals surface area contributed by atoms with E-state index in [0.29, 0.717) is 20.9 Å². The third-order valence-electron chi connectivity index (χ3n) is 6.28. The Morgan fingerprint density at radius 2 is 1.85 bits per heavy atom. The van der Waals surface area contributed by atoms with E-state index in [-0.39, 0.29) is 12.0 Å². The number of amides is 4. The van der Waals surface area contributed by atoms with Gasteiger partial charge in [-0.15, -0.1) is 0 Å². The molecule has 1 aliphatic heterocycles. The number of hydrogen-bond donors (Lipinski definition) is 2. The summed E-state index contributed by atoms with van der Waals surface area (Å²) < 4.78 is 53.7. The molecule has 4 rings (SSSR count). The van der Waals surface area contributed by atoms with Crippen LogP contribution in [0.2, 0.25) is 0 Å². The van der Waals surface area contributed by atoms with Gasteiger partial charge in [-0.3, -0.25) is 14.5 Å². The van der Waals surface area contributed by atoms with E-state index in [1.54, 1.807) is 24.3 Å². The van der Waals surface area contributed by atoms with Gasteiger partial charge in [0.05, 0.1) is 6.10 Å². The Morgan fingerprint density at radius 1 is 1.21 bits per heavy atom. The van der Waals surface area contributed by atoms with Crippen LogP contribution in [0.4, 0.5) is 22.4 Å². The van der Waals surface area contributed by atoms with Gasteiger partial charge in [-0.2, -0.15) is 13.2 Å². The van der Waals surface area contributed by atoms with Crippen LogP contribution in [0, 0.1) is 5.82 Å². The highest BCUT2D eigenvalue weighted by molar-refractivity contribution is 6.10. The Hall–Kier alpha value is -3.47. The van der Waals surface area contributed by atoms with Crippen LogP contribution in [0.1, 0.15) is 36.1 Å². The summed E-state index contributed by atoms with van der Waals surface area (Å²) in [5.74, 6) is -2.52. The summed E-state index contributed by atoms with van der Waals surface area (Å²) in [5, 5.41) is 12.9. The highest BCUT2D eigenvalue weighted by Gasteiger charge is 2.58. The van der Waals surface area contributed by atoms with Crippen molar-refractivity contribution in [3.05, 3.63) is 71.0 Å². The Bertz CT molecular complexity index is 1140. The van der Waals surface area contributed by atoms with Crippen molar-refractivity contribution in [2.75, 3.05) is 6.54 Å². The molecule has 1 fully saturated rings. The second-order valence-electron chi connectivity index (χ2n) is 8.40. The zero-order chi connectivity index (χ0) is 24.8. The van der Waals surface area contributed by atoms with Crippen LogP contribution < -0.4 is 5.32 Å². The maximum Gasteiger partial charge on any atom is 0.408 e. The highest BCUT2D eigenvalue weighted by Crippen LogP contribution is 2.46. The number of benzene rings is 2. The van der Waals surface area contributed by atoms with Gasteiger partial charge in [0.2, 0.25) is 5.91 Å². The molecule has 3 atom stereocenters. The monoisotopic (exact) mass is 479 g/mol. The maximum absolute atomic E-state index is 13.5. The van der Waals surface area contributed by atoms with Gasteiger partial charge >= 0.3 is 12.2 Å². The van der Waals surface area contributed by atoms with Crippen molar-refractivity contribution >= 4 is 17.8 Å². The molecule has 0 bridgehead atoms. The second kappa shape index (κ2) is 8.39. The first-order valence-corrected chi connectivity index (χ1v) is 10.5. The van der Waals surface area contributed by atoms with Crippen molar-refractivity contribution < 1.29 is 37.1 Å². The second-order valence-corrected chi connectivity index (χ2v) is 8.40. The van der Waals surface area contributed by atoms with Gasteiger partial charge in [0.1, 0.15) is 23.9 Å². The van der Waals surface area contributed by atoms with Crippen molar-refractivity contribution in [1.82, 2.24) is 15.1 Å². The summed E-state index contributed by atoms with van der Waals surface area (Å²) in [6.07, 6.45) is -5.96. The van der Waals surface area contributed by atoms with Crippen LogP contribution in [-0.4, -0.2) is 51.5 Å².